The third-order valence-electron chi connectivity index (χ3n) is 2.36. The van der Waals surface area contributed by atoms with Gasteiger partial charge in [-0.2, -0.15) is 4.31 Å². The predicted molar refractivity (Wildman–Crippen MR) is 58.3 cm³/mol. The number of non-ortho nitro benzene ring substituents is 1. The van der Waals surface area contributed by atoms with Crippen molar-refractivity contribution < 1.29 is 22.9 Å². The highest BCUT2D eigenvalue weighted by Gasteiger charge is 2.34. The van der Waals surface area contributed by atoms with Gasteiger partial charge in [0.05, 0.1) is 16.4 Å². The van der Waals surface area contributed by atoms with Gasteiger partial charge in [-0.05, 0) is 12.1 Å². The lowest BCUT2D eigenvalue weighted by molar-refractivity contribution is -0.384. The van der Waals surface area contributed by atoms with Gasteiger partial charge in [-0.3, -0.25) is 10.1 Å². The Labute approximate surface area is 102 Å². The summed E-state index contributed by atoms with van der Waals surface area (Å²) in [6.07, 6.45) is -0.937. The number of cyclic esters (lactones) is 1. The molecule has 0 spiro atoms. The molecule has 2 rings (SSSR count). The molecule has 8 nitrogen and oxygen atoms in total. The average molecular weight is 272 g/mol. The van der Waals surface area contributed by atoms with Crippen LogP contribution in [0.3, 0.4) is 0 Å². The number of amides is 1. The van der Waals surface area contributed by atoms with Crippen molar-refractivity contribution in [1.82, 2.24) is 4.31 Å². The van der Waals surface area contributed by atoms with E-state index in [0.717, 1.165) is 24.3 Å². The molecular weight excluding hydrogens is 264 g/mol. The van der Waals surface area contributed by atoms with Gasteiger partial charge in [0.25, 0.3) is 15.7 Å². The number of nitro benzene ring substituents is 1. The molecule has 1 aliphatic rings. The molecule has 1 aromatic carbocycles. The molecule has 0 bridgehead atoms. The summed E-state index contributed by atoms with van der Waals surface area (Å²) in [5, 5.41) is 10.4. The Hall–Kier alpha value is -2.16. The van der Waals surface area contributed by atoms with E-state index >= 15 is 0 Å². The number of sulfonamides is 1. The summed E-state index contributed by atoms with van der Waals surface area (Å²) >= 11 is 0. The number of carbonyl (C=O) groups excluding carboxylic acids is 1. The summed E-state index contributed by atoms with van der Waals surface area (Å²) in [6.45, 7) is -0.0524. The van der Waals surface area contributed by atoms with Crippen LogP contribution >= 0.6 is 0 Å². The molecule has 0 radical (unpaired) electrons. The van der Waals surface area contributed by atoms with Crippen molar-refractivity contribution in [2.45, 2.75) is 4.90 Å². The molecule has 1 fully saturated rings. The smallest absolute Gasteiger partial charge is 0.424 e. The van der Waals surface area contributed by atoms with Gasteiger partial charge < -0.3 is 4.74 Å². The normalized spacial score (nSPS) is 15.6. The fourth-order valence-corrected chi connectivity index (χ4v) is 2.76. The van der Waals surface area contributed by atoms with E-state index in [1.807, 2.05) is 0 Å². The summed E-state index contributed by atoms with van der Waals surface area (Å²) < 4.78 is 29.1. The lowest BCUT2D eigenvalue weighted by Crippen LogP contribution is -2.31. The van der Waals surface area contributed by atoms with Crippen LogP contribution in [0.4, 0.5) is 10.5 Å². The fourth-order valence-electron chi connectivity index (χ4n) is 1.46. The lowest BCUT2D eigenvalue weighted by atomic mass is 10.3. The zero-order valence-corrected chi connectivity index (χ0v) is 9.79. The topological polar surface area (TPSA) is 107 Å². The first-order chi connectivity index (χ1) is 8.43. The minimum absolute atomic E-state index is 0.00500. The summed E-state index contributed by atoms with van der Waals surface area (Å²) in [6, 6.07) is 4.29. The number of nitro groups is 1. The van der Waals surface area contributed by atoms with E-state index in [0.29, 0.717) is 4.31 Å². The predicted octanol–water partition coefficient (Wildman–Crippen LogP) is 0.736. The highest BCUT2D eigenvalue weighted by atomic mass is 32.2. The summed E-state index contributed by atoms with van der Waals surface area (Å²) in [5.41, 5.74) is -0.224. The van der Waals surface area contributed by atoms with Crippen molar-refractivity contribution in [1.29, 1.82) is 0 Å². The summed E-state index contributed by atoms with van der Waals surface area (Å²) in [5.74, 6) is 0. The van der Waals surface area contributed by atoms with Crippen molar-refractivity contribution in [3.8, 4) is 0 Å². The maximum absolute atomic E-state index is 12.0. The molecule has 0 unspecified atom stereocenters. The Kier molecular flexibility index (Phi) is 2.91. The molecule has 96 valence electrons. The quantitative estimate of drug-likeness (QED) is 0.593. The van der Waals surface area contributed by atoms with Crippen molar-refractivity contribution >= 4 is 21.8 Å². The number of hydrogen-bond acceptors (Lipinski definition) is 6. The van der Waals surface area contributed by atoms with Crippen LogP contribution < -0.4 is 0 Å². The Morgan fingerprint density at radius 3 is 2.33 bits per heavy atom. The monoisotopic (exact) mass is 272 g/mol. The standard InChI is InChI=1S/C9H8N2O6S/c12-9-10(5-6-17-9)18(15,16)8-3-1-7(2-4-8)11(13)14/h1-4H,5-6H2. The molecule has 0 aromatic heterocycles. The third kappa shape index (κ3) is 1.99. The first-order valence-corrected chi connectivity index (χ1v) is 6.31. The van der Waals surface area contributed by atoms with Gasteiger partial charge in [-0.25, -0.2) is 13.2 Å². The second kappa shape index (κ2) is 4.26. The van der Waals surface area contributed by atoms with E-state index < -0.39 is 21.0 Å². The van der Waals surface area contributed by atoms with E-state index in [1.54, 1.807) is 0 Å². The van der Waals surface area contributed by atoms with E-state index in [9.17, 15) is 23.3 Å². The first-order valence-electron chi connectivity index (χ1n) is 4.87. The number of rotatable bonds is 3. The van der Waals surface area contributed by atoms with Gasteiger partial charge in [0.15, 0.2) is 0 Å². The van der Waals surface area contributed by atoms with E-state index in [1.165, 1.54) is 0 Å². The SMILES string of the molecule is O=C1OCCN1S(=O)(=O)c1ccc([N+](=O)[O-])cc1. The minimum Gasteiger partial charge on any atom is -0.447 e. The van der Waals surface area contributed by atoms with Crippen LogP contribution in [0, 0.1) is 10.1 Å². The van der Waals surface area contributed by atoms with Gasteiger partial charge in [0.2, 0.25) is 0 Å². The Bertz CT molecular complexity index is 594. The van der Waals surface area contributed by atoms with Gasteiger partial charge in [0, 0.05) is 12.1 Å². The zero-order valence-electron chi connectivity index (χ0n) is 8.98. The van der Waals surface area contributed by atoms with Crippen molar-refractivity contribution in [3.05, 3.63) is 34.4 Å². The van der Waals surface area contributed by atoms with Crippen molar-refractivity contribution in [3.63, 3.8) is 0 Å². The largest absolute Gasteiger partial charge is 0.447 e. The fraction of sp³-hybridized carbons (Fsp3) is 0.222. The maximum Gasteiger partial charge on any atom is 0.424 e. The molecule has 1 heterocycles. The van der Waals surface area contributed by atoms with E-state index in [4.69, 9.17) is 0 Å². The molecule has 0 saturated carbocycles. The second-order valence-corrected chi connectivity index (χ2v) is 5.30. The van der Waals surface area contributed by atoms with E-state index in [-0.39, 0.29) is 23.7 Å². The van der Waals surface area contributed by atoms with Gasteiger partial charge >= 0.3 is 6.09 Å². The Balaban J connectivity index is 2.35. The summed E-state index contributed by atoms with van der Waals surface area (Å²) in [7, 11) is -3.99. The third-order valence-corrected chi connectivity index (χ3v) is 4.14. The van der Waals surface area contributed by atoms with Crippen LogP contribution in [0.2, 0.25) is 0 Å². The van der Waals surface area contributed by atoms with Crippen molar-refractivity contribution in [2.24, 2.45) is 0 Å². The Morgan fingerprint density at radius 1 is 1.28 bits per heavy atom. The van der Waals surface area contributed by atoms with Crippen LogP contribution in [-0.4, -0.2) is 36.9 Å². The maximum atomic E-state index is 12.0. The highest BCUT2D eigenvalue weighted by Crippen LogP contribution is 2.21. The summed E-state index contributed by atoms with van der Waals surface area (Å²) in [4.78, 5) is 20.8. The molecule has 18 heavy (non-hydrogen) atoms. The van der Waals surface area contributed by atoms with Crippen LogP contribution in [0.1, 0.15) is 0 Å². The second-order valence-electron chi connectivity index (χ2n) is 3.44. The number of nitrogens with zero attached hydrogens (tertiary/aromatic N) is 2. The molecule has 1 aliphatic heterocycles. The van der Waals surface area contributed by atoms with E-state index in [2.05, 4.69) is 4.74 Å². The first kappa shape index (κ1) is 12.3. The molecule has 0 aliphatic carbocycles. The molecule has 0 atom stereocenters. The number of benzene rings is 1. The van der Waals surface area contributed by atoms with Gasteiger partial charge in [-0.1, -0.05) is 0 Å². The molecule has 1 aromatic rings. The average Bonchev–Trinajstić information content (AvgIpc) is 2.76. The van der Waals surface area contributed by atoms with Gasteiger partial charge in [0.1, 0.15) is 6.61 Å². The van der Waals surface area contributed by atoms with Crippen LogP contribution in [-0.2, 0) is 14.8 Å². The van der Waals surface area contributed by atoms with Gasteiger partial charge in [-0.15, -0.1) is 0 Å². The number of ether oxygens (including phenoxy) is 1. The van der Waals surface area contributed by atoms with Crippen LogP contribution in [0.5, 0.6) is 0 Å². The molecule has 0 N–H and O–H groups in total. The molecule has 1 saturated heterocycles. The number of hydrogen-bond donors (Lipinski definition) is 0. The van der Waals surface area contributed by atoms with Crippen molar-refractivity contribution in [2.75, 3.05) is 13.2 Å². The molecule has 9 heteroatoms. The van der Waals surface area contributed by atoms with Crippen LogP contribution in [0.15, 0.2) is 29.2 Å². The van der Waals surface area contributed by atoms with Crippen LogP contribution in [0.25, 0.3) is 0 Å². The number of carbonyl (C=O) groups is 1. The Morgan fingerprint density at radius 2 is 1.89 bits per heavy atom. The molecular formula is C9H8N2O6S. The zero-order chi connectivity index (χ0) is 13.3. The molecule has 1 amide bonds. The highest BCUT2D eigenvalue weighted by molar-refractivity contribution is 7.89. The minimum atomic E-state index is -3.99. The lowest BCUT2D eigenvalue weighted by Gasteiger charge is -2.12.